The van der Waals surface area contributed by atoms with Gasteiger partial charge in [0.25, 0.3) is 0 Å². The zero-order valence-corrected chi connectivity index (χ0v) is 8.77. The zero-order valence-electron chi connectivity index (χ0n) is 8.77. The molecule has 17 heavy (non-hydrogen) atoms. The van der Waals surface area contributed by atoms with Crippen molar-refractivity contribution in [3.8, 4) is 0 Å². The van der Waals surface area contributed by atoms with Gasteiger partial charge in [-0.2, -0.15) is 0 Å². The van der Waals surface area contributed by atoms with Crippen LogP contribution in [-0.4, -0.2) is 24.3 Å². The molecular formula is C10H11F3N2O2. The summed E-state index contributed by atoms with van der Waals surface area (Å²) in [6.07, 6.45) is 0.341. The van der Waals surface area contributed by atoms with Gasteiger partial charge in [0.2, 0.25) is 0 Å². The highest BCUT2D eigenvalue weighted by molar-refractivity contribution is 5.89. The fraction of sp³-hybridized carbons (Fsp3) is 0.300. The van der Waals surface area contributed by atoms with E-state index in [4.69, 9.17) is 5.11 Å². The Morgan fingerprint density at radius 3 is 2.59 bits per heavy atom. The van der Waals surface area contributed by atoms with Crippen LogP contribution in [0, 0.1) is 17.5 Å². The van der Waals surface area contributed by atoms with E-state index >= 15 is 0 Å². The summed E-state index contributed by atoms with van der Waals surface area (Å²) >= 11 is 0. The van der Waals surface area contributed by atoms with E-state index < -0.39 is 29.2 Å². The van der Waals surface area contributed by atoms with Gasteiger partial charge < -0.3 is 15.7 Å². The number of amides is 2. The summed E-state index contributed by atoms with van der Waals surface area (Å²) < 4.78 is 38.5. The lowest BCUT2D eigenvalue weighted by molar-refractivity contribution is 0.248. The highest BCUT2D eigenvalue weighted by Crippen LogP contribution is 2.19. The van der Waals surface area contributed by atoms with Gasteiger partial charge in [-0.1, -0.05) is 0 Å². The van der Waals surface area contributed by atoms with Crippen LogP contribution in [0.1, 0.15) is 6.42 Å². The van der Waals surface area contributed by atoms with Crippen molar-refractivity contribution in [3.63, 3.8) is 0 Å². The summed E-state index contributed by atoms with van der Waals surface area (Å²) in [6, 6.07) is 0.865. The largest absolute Gasteiger partial charge is 0.396 e. The predicted octanol–water partition coefficient (Wildman–Crippen LogP) is 1.61. The van der Waals surface area contributed by atoms with Gasteiger partial charge in [0.05, 0.1) is 5.69 Å². The quantitative estimate of drug-likeness (QED) is 0.560. The molecule has 94 valence electrons. The van der Waals surface area contributed by atoms with Crippen molar-refractivity contribution in [2.45, 2.75) is 6.42 Å². The first-order chi connectivity index (χ1) is 8.06. The molecule has 0 bridgehead atoms. The molecule has 0 unspecified atom stereocenters. The number of carbonyl (C=O) groups excluding carboxylic acids is 1. The number of benzene rings is 1. The van der Waals surface area contributed by atoms with Gasteiger partial charge in [0, 0.05) is 13.2 Å². The van der Waals surface area contributed by atoms with Crippen molar-refractivity contribution in [3.05, 3.63) is 29.6 Å². The number of aliphatic hydroxyl groups is 1. The minimum atomic E-state index is -1.64. The van der Waals surface area contributed by atoms with Crippen molar-refractivity contribution in [1.29, 1.82) is 0 Å². The third kappa shape index (κ3) is 3.63. The lowest BCUT2D eigenvalue weighted by Gasteiger charge is -2.08. The second-order valence-corrected chi connectivity index (χ2v) is 3.18. The Morgan fingerprint density at radius 2 is 1.94 bits per heavy atom. The third-order valence-electron chi connectivity index (χ3n) is 1.90. The van der Waals surface area contributed by atoms with Crippen molar-refractivity contribution in [2.75, 3.05) is 18.5 Å². The topological polar surface area (TPSA) is 61.4 Å². The van der Waals surface area contributed by atoms with E-state index in [1.165, 1.54) is 0 Å². The van der Waals surface area contributed by atoms with Crippen LogP contribution in [0.5, 0.6) is 0 Å². The van der Waals surface area contributed by atoms with Crippen LogP contribution in [0.4, 0.5) is 23.7 Å². The second-order valence-electron chi connectivity index (χ2n) is 3.18. The molecule has 1 aromatic rings. The zero-order chi connectivity index (χ0) is 12.8. The number of urea groups is 1. The number of hydrogen-bond donors (Lipinski definition) is 3. The SMILES string of the molecule is O=C(NCCCO)Nc1ccc(F)c(F)c1F. The van der Waals surface area contributed by atoms with Gasteiger partial charge in [0.15, 0.2) is 17.5 Å². The van der Waals surface area contributed by atoms with E-state index in [9.17, 15) is 18.0 Å². The number of nitrogens with one attached hydrogen (secondary N) is 2. The monoisotopic (exact) mass is 248 g/mol. The Kier molecular flexibility index (Phi) is 4.77. The number of anilines is 1. The molecule has 7 heteroatoms. The molecule has 0 radical (unpaired) electrons. The van der Waals surface area contributed by atoms with E-state index in [1.807, 2.05) is 5.32 Å². The van der Waals surface area contributed by atoms with Crippen LogP contribution in [0.25, 0.3) is 0 Å². The van der Waals surface area contributed by atoms with Gasteiger partial charge >= 0.3 is 6.03 Å². The number of aliphatic hydroxyl groups excluding tert-OH is 1. The third-order valence-corrected chi connectivity index (χ3v) is 1.90. The van der Waals surface area contributed by atoms with Crippen molar-refractivity contribution >= 4 is 11.7 Å². The Morgan fingerprint density at radius 1 is 1.24 bits per heavy atom. The molecule has 0 fully saturated rings. The van der Waals surface area contributed by atoms with E-state index in [2.05, 4.69) is 5.32 Å². The molecule has 0 aliphatic rings. The summed E-state index contributed by atoms with van der Waals surface area (Å²) in [4.78, 5) is 11.1. The first-order valence-electron chi connectivity index (χ1n) is 4.85. The minimum Gasteiger partial charge on any atom is -0.396 e. The molecule has 0 saturated carbocycles. The molecule has 0 aliphatic heterocycles. The predicted molar refractivity (Wildman–Crippen MR) is 55.0 cm³/mol. The molecule has 3 N–H and O–H groups in total. The molecule has 2 amide bonds. The minimum absolute atomic E-state index is 0.0974. The van der Waals surface area contributed by atoms with Crippen LogP contribution >= 0.6 is 0 Å². The normalized spacial score (nSPS) is 10.1. The summed E-state index contributed by atoms with van der Waals surface area (Å²) in [5, 5.41) is 12.8. The molecule has 4 nitrogen and oxygen atoms in total. The highest BCUT2D eigenvalue weighted by Gasteiger charge is 2.14. The van der Waals surface area contributed by atoms with Crippen LogP contribution in [0.15, 0.2) is 12.1 Å². The maximum Gasteiger partial charge on any atom is 0.319 e. The van der Waals surface area contributed by atoms with E-state index in [1.54, 1.807) is 0 Å². The van der Waals surface area contributed by atoms with Gasteiger partial charge in [-0.15, -0.1) is 0 Å². The Hall–Kier alpha value is -1.76. The number of hydrogen-bond acceptors (Lipinski definition) is 2. The molecule has 1 aromatic carbocycles. The first kappa shape index (κ1) is 13.3. The summed E-state index contributed by atoms with van der Waals surface area (Å²) in [5.74, 6) is -4.42. The number of halogens is 3. The Bertz CT molecular complexity index is 413. The number of rotatable bonds is 4. The Balaban J connectivity index is 2.63. The summed E-state index contributed by atoms with van der Waals surface area (Å²) in [6.45, 7) is 0.0907. The molecule has 1 rings (SSSR count). The standard InChI is InChI=1S/C10H11F3N2O2/c11-6-2-3-7(9(13)8(6)12)15-10(17)14-4-1-5-16/h2-3,16H,1,4-5H2,(H2,14,15,17). The molecule has 0 heterocycles. The van der Waals surface area contributed by atoms with Crippen LogP contribution in [0.3, 0.4) is 0 Å². The molecule has 0 aliphatic carbocycles. The maximum absolute atomic E-state index is 13.1. The summed E-state index contributed by atoms with van der Waals surface area (Å²) in [5.41, 5.74) is -0.453. The van der Waals surface area contributed by atoms with Gasteiger partial charge in [-0.3, -0.25) is 0 Å². The average molecular weight is 248 g/mol. The second kappa shape index (κ2) is 6.09. The lowest BCUT2D eigenvalue weighted by atomic mass is 10.3. The van der Waals surface area contributed by atoms with Crippen molar-refractivity contribution in [2.24, 2.45) is 0 Å². The smallest absolute Gasteiger partial charge is 0.319 e. The fourth-order valence-corrected chi connectivity index (χ4v) is 1.07. The first-order valence-corrected chi connectivity index (χ1v) is 4.85. The highest BCUT2D eigenvalue weighted by atomic mass is 19.2. The van der Waals surface area contributed by atoms with Crippen molar-refractivity contribution < 1.29 is 23.1 Å². The van der Waals surface area contributed by atoms with E-state index in [-0.39, 0.29) is 13.2 Å². The van der Waals surface area contributed by atoms with Gasteiger partial charge in [-0.05, 0) is 18.6 Å². The van der Waals surface area contributed by atoms with E-state index in [0.717, 1.165) is 6.07 Å². The molecule has 0 saturated heterocycles. The molecule has 0 atom stereocenters. The summed E-state index contributed by atoms with van der Waals surface area (Å²) in [7, 11) is 0. The molecular weight excluding hydrogens is 237 g/mol. The lowest BCUT2D eigenvalue weighted by Crippen LogP contribution is -2.30. The van der Waals surface area contributed by atoms with Crippen LogP contribution < -0.4 is 10.6 Å². The average Bonchev–Trinajstić information content (AvgIpc) is 2.30. The van der Waals surface area contributed by atoms with Crippen LogP contribution in [-0.2, 0) is 0 Å². The number of carbonyl (C=O) groups is 1. The van der Waals surface area contributed by atoms with Gasteiger partial charge in [0.1, 0.15) is 0 Å². The van der Waals surface area contributed by atoms with Crippen molar-refractivity contribution in [1.82, 2.24) is 5.32 Å². The van der Waals surface area contributed by atoms with Crippen LogP contribution in [0.2, 0.25) is 0 Å². The van der Waals surface area contributed by atoms with Gasteiger partial charge in [-0.25, -0.2) is 18.0 Å². The fourth-order valence-electron chi connectivity index (χ4n) is 1.07. The molecule has 0 spiro atoms. The van der Waals surface area contributed by atoms with E-state index in [0.29, 0.717) is 12.5 Å². The molecule has 0 aromatic heterocycles. The Labute approximate surface area is 95.4 Å². The maximum atomic E-state index is 13.1.